The molecule has 0 fully saturated rings. The van der Waals surface area contributed by atoms with Crippen LogP contribution in [0.4, 0.5) is 4.79 Å². The molecule has 0 heterocycles. The van der Waals surface area contributed by atoms with Crippen molar-refractivity contribution in [3.05, 3.63) is 54.6 Å². The lowest BCUT2D eigenvalue weighted by atomic mass is 10.1. The number of sulfonamides is 1. The Bertz CT molecular complexity index is 1400. The molecule has 2 amide bonds. The Kier molecular flexibility index (Phi) is 19.0. The highest BCUT2D eigenvalue weighted by molar-refractivity contribution is 7.89. The highest BCUT2D eigenvalue weighted by atomic mass is 32.2. The van der Waals surface area contributed by atoms with Gasteiger partial charge in [-0.3, -0.25) is 9.59 Å². The predicted molar refractivity (Wildman–Crippen MR) is 187 cm³/mol. The van der Waals surface area contributed by atoms with Gasteiger partial charge in [0.05, 0.1) is 57.8 Å². The standard InChI is InChI=1S/C35H53N3O11S/c1-27(2)32(33(40)41)38(50(43,44)30-13-11-29(12-14-30)28-9-7-6-8-10-28)18-16-36-31(39)15-19-45-21-23-47-25-26-48-24-22-46-20-17-37-34(42)49-35(3,4)5/h6-14,27,32H,15-26H2,1-5H3,(H,36,39)(H,37,42)(H,40,41)/t32-/m0/s1. The van der Waals surface area contributed by atoms with Crippen molar-refractivity contribution >= 4 is 28.0 Å². The molecular weight excluding hydrogens is 670 g/mol. The molecule has 0 radical (unpaired) electrons. The predicted octanol–water partition coefficient (Wildman–Crippen LogP) is 3.55. The monoisotopic (exact) mass is 723 g/mol. The van der Waals surface area contributed by atoms with E-state index in [-0.39, 0.29) is 43.5 Å². The average Bonchev–Trinajstić information content (AvgIpc) is 3.05. The van der Waals surface area contributed by atoms with Gasteiger partial charge in [-0.2, -0.15) is 4.31 Å². The van der Waals surface area contributed by atoms with Crippen LogP contribution in [0, 0.1) is 5.92 Å². The number of carbonyl (C=O) groups is 3. The molecule has 0 aliphatic rings. The van der Waals surface area contributed by atoms with Gasteiger partial charge in [0.25, 0.3) is 0 Å². The van der Waals surface area contributed by atoms with Gasteiger partial charge in [-0.25, -0.2) is 13.2 Å². The van der Waals surface area contributed by atoms with Gasteiger partial charge in [-0.05, 0) is 49.9 Å². The molecule has 0 aliphatic heterocycles. The topological polar surface area (TPSA) is 179 Å². The average molecular weight is 724 g/mol. The van der Waals surface area contributed by atoms with Crippen molar-refractivity contribution in [1.29, 1.82) is 0 Å². The summed E-state index contributed by atoms with van der Waals surface area (Å²) >= 11 is 0. The number of carbonyl (C=O) groups excluding carboxylic acids is 2. The van der Waals surface area contributed by atoms with Crippen molar-refractivity contribution in [2.45, 2.75) is 57.6 Å². The summed E-state index contributed by atoms with van der Waals surface area (Å²) in [5.74, 6) is -2.15. The number of nitrogens with one attached hydrogen (secondary N) is 2. The minimum absolute atomic E-state index is 0.0341. The number of hydrogen-bond donors (Lipinski definition) is 3. The van der Waals surface area contributed by atoms with E-state index in [4.69, 9.17) is 23.7 Å². The van der Waals surface area contributed by atoms with Crippen LogP contribution in [0.25, 0.3) is 11.1 Å². The number of carboxylic acid groups (broad SMARTS) is 1. The second-order valence-corrected chi connectivity index (χ2v) is 14.4. The maximum atomic E-state index is 13.7. The molecule has 14 nitrogen and oxygen atoms in total. The summed E-state index contributed by atoms with van der Waals surface area (Å²) in [6.45, 7) is 11.2. The zero-order valence-electron chi connectivity index (χ0n) is 29.7. The van der Waals surface area contributed by atoms with E-state index >= 15 is 0 Å². The summed E-state index contributed by atoms with van der Waals surface area (Å²) in [6.07, 6.45) is -0.452. The summed E-state index contributed by atoms with van der Waals surface area (Å²) in [5.41, 5.74) is 1.20. The van der Waals surface area contributed by atoms with E-state index < -0.39 is 39.6 Å². The van der Waals surface area contributed by atoms with Crippen molar-refractivity contribution in [3.63, 3.8) is 0 Å². The van der Waals surface area contributed by atoms with Gasteiger partial charge in [0.1, 0.15) is 11.6 Å². The molecule has 2 aromatic carbocycles. The summed E-state index contributed by atoms with van der Waals surface area (Å²) in [5, 5.41) is 15.2. The molecule has 2 aromatic rings. The third-order valence-corrected chi connectivity index (χ3v) is 8.82. The zero-order valence-corrected chi connectivity index (χ0v) is 30.5. The molecule has 2 rings (SSSR count). The van der Waals surface area contributed by atoms with Gasteiger partial charge in [0.15, 0.2) is 0 Å². The number of aliphatic carboxylic acids is 1. The van der Waals surface area contributed by atoms with E-state index in [1.807, 2.05) is 30.3 Å². The third kappa shape index (κ3) is 16.4. The van der Waals surface area contributed by atoms with Crippen LogP contribution in [0.15, 0.2) is 59.5 Å². The Hall–Kier alpha value is -3.60. The largest absolute Gasteiger partial charge is 0.480 e. The van der Waals surface area contributed by atoms with E-state index in [1.54, 1.807) is 46.8 Å². The summed E-state index contributed by atoms with van der Waals surface area (Å²) in [4.78, 5) is 36.0. The highest BCUT2D eigenvalue weighted by Gasteiger charge is 2.37. The molecule has 15 heteroatoms. The molecule has 0 bridgehead atoms. The molecule has 0 saturated heterocycles. The van der Waals surface area contributed by atoms with Crippen LogP contribution in [0.3, 0.4) is 0 Å². The molecule has 0 saturated carbocycles. The minimum atomic E-state index is -4.21. The van der Waals surface area contributed by atoms with Crippen LogP contribution < -0.4 is 10.6 Å². The SMILES string of the molecule is CC(C)[C@@H](C(=O)O)N(CCNC(=O)CCOCCOCCOCCOCCNC(=O)OC(C)(C)C)S(=O)(=O)c1ccc(-c2ccccc2)cc1. The quantitative estimate of drug-likeness (QED) is 0.135. The fourth-order valence-electron chi connectivity index (χ4n) is 4.59. The van der Waals surface area contributed by atoms with Crippen LogP contribution in [-0.2, 0) is 43.3 Å². The molecule has 0 spiro atoms. The van der Waals surface area contributed by atoms with Gasteiger partial charge in [0.2, 0.25) is 15.9 Å². The molecule has 0 aliphatic carbocycles. The van der Waals surface area contributed by atoms with Gasteiger partial charge in [0, 0.05) is 26.1 Å². The first-order valence-corrected chi connectivity index (χ1v) is 18.1. The molecule has 0 aromatic heterocycles. The number of carboxylic acids is 1. The number of rotatable bonds is 24. The molecule has 50 heavy (non-hydrogen) atoms. The number of benzene rings is 2. The maximum absolute atomic E-state index is 13.7. The zero-order chi connectivity index (χ0) is 37.0. The minimum Gasteiger partial charge on any atom is -0.480 e. The smallest absolute Gasteiger partial charge is 0.407 e. The molecule has 0 unspecified atom stereocenters. The van der Waals surface area contributed by atoms with Crippen molar-refractivity contribution < 1.29 is 51.6 Å². The normalized spacial score (nSPS) is 12.5. The Morgan fingerprint density at radius 2 is 1.26 bits per heavy atom. The molecule has 1 atom stereocenters. The van der Waals surface area contributed by atoms with Gasteiger partial charge in [-0.15, -0.1) is 0 Å². The maximum Gasteiger partial charge on any atom is 0.407 e. The Labute approximate surface area is 295 Å². The van der Waals surface area contributed by atoms with Gasteiger partial charge in [-0.1, -0.05) is 56.3 Å². The number of hydrogen-bond acceptors (Lipinski definition) is 10. The van der Waals surface area contributed by atoms with E-state index in [0.29, 0.717) is 46.2 Å². The fraction of sp³-hybridized carbons (Fsp3) is 0.571. The first kappa shape index (κ1) is 42.6. The van der Waals surface area contributed by atoms with Crippen molar-refractivity contribution in [2.24, 2.45) is 5.92 Å². The lowest BCUT2D eigenvalue weighted by Crippen LogP contribution is -2.50. The van der Waals surface area contributed by atoms with Crippen LogP contribution in [0.1, 0.15) is 41.0 Å². The van der Waals surface area contributed by atoms with E-state index in [0.717, 1.165) is 15.4 Å². The third-order valence-electron chi connectivity index (χ3n) is 6.92. The van der Waals surface area contributed by atoms with Gasteiger partial charge >= 0.3 is 12.1 Å². The van der Waals surface area contributed by atoms with Gasteiger partial charge < -0.3 is 39.4 Å². The number of ether oxygens (including phenoxy) is 5. The number of amides is 2. The van der Waals surface area contributed by atoms with Crippen LogP contribution >= 0.6 is 0 Å². The lowest BCUT2D eigenvalue weighted by molar-refractivity contribution is -0.142. The molecule has 3 N–H and O–H groups in total. The Morgan fingerprint density at radius 1 is 0.740 bits per heavy atom. The molecular formula is C35H53N3O11S. The summed E-state index contributed by atoms with van der Waals surface area (Å²) < 4.78 is 55.1. The van der Waals surface area contributed by atoms with Crippen LogP contribution in [0.5, 0.6) is 0 Å². The first-order valence-electron chi connectivity index (χ1n) is 16.7. The second kappa shape index (κ2) is 22.3. The van der Waals surface area contributed by atoms with Crippen LogP contribution in [0.2, 0.25) is 0 Å². The fourth-order valence-corrected chi connectivity index (χ4v) is 6.31. The van der Waals surface area contributed by atoms with E-state index in [9.17, 15) is 27.9 Å². The lowest BCUT2D eigenvalue weighted by Gasteiger charge is -2.30. The van der Waals surface area contributed by atoms with Crippen molar-refractivity contribution in [3.8, 4) is 11.1 Å². The summed E-state index contributed by atoms with van der Waals surface area (Å²) in [7, 11) is -4.21. The summed E-state index contributed by atoms with van der Waals surface area (Å²) in [6, 6.07) is 14.4. The molecule has 280 valence electrons. The van der Waals surface area contributed by atoms with E-state index in [2.05, 4.69) is 10.6 Å². The Balaban J connectivity index is 1.64. The Morgan fingerprint density at radius 3 is 1.78 bits per heavy atom. The van der Waals surface area contributed by atoms with E-state index in [1.165, 1.54) is 12.1 Å². The van der Waals surface area contributed by atoms with Crippen molar-refractivity contribution in [2.75, 3.05) is 72.5 Å². The first-order chi connectivity index (χ1) is 23.7. The number of nitrogens with zero attached hydrogens (tertiary/aromatic N) is 1. The van der Waals surface area contributed by atoms with Crippen LogP contribution in [-0.4, -0.2) is 120 Å². The highest BCUT2D eigenvalue weighted by Crippen LogP contribution is 2.25. The van der Waals surface area contributed by atoms with Crippen molar-refractivity contribution in [1.82, 2.24) is 14.9 Å². The number of alkyl carbamates (subject to hydrolysis) is 1. The second-order valence-electron chi connectivity index (χ2n) is 12.5.